The van der Waals surface area contributed by atoms with Gasteiger partial charge < -0.3 is 9.67 Å². The topological polar surface area (TPSA) is 38.0 Å². The first-order valence-corrected chi connectivity index (χ1v) is 8.27. The predicted octanol–water partition coefficient (Wildman–Crippen LogP) is 4.49. The number of hydrogen-bond acceptors (Lipinski definition) is 2. The Balaban J connectivity index is 1.72. The van der Waals surface area contributed by atoms with Gasteiger partial charge in [-0.1, -0.05) is 60.7 Å². The third kappa shape index (κ3) is 2.47. The second-order valence-electron chi connectivity index (χ2n) is 6.27. The Morgan fingerprint density at radius 3 is 2.42 bits per heavy atom. The Bertz CT molecular complexity index is 865. The predicted molar refractivity (Wildman–Crippen MR) is 96.2 cm³/mol. The van der Waals surface area contributed by atoms with E-state index in [0.717, 1.165) is 11.3 Å². The second-order valence-corrected chi connectivity index (χ2v) is 6.27. The number of benzene rings is 2. The van der Waals surface area contributed by atoms with E-state index in [-0.39, 0.29) is 6.04 Å². The highest BCUT2D eigenvalue weighted by Gasteiger charge is 2.31. The van der Waals surface area contributed by atoms with Gasteiger partial charge in [0, 0.05) is 6.42 Å². The summed E-state index contributed by atoms with van der Waals surface area (Å²) in [6, 6.07) is 20.4. The summed E-state index contributed by atoms with van der Waals surface area (Å²) in [5.74, 6) is 0. The minimum Gasteiger partial charge on any atom is -0.388 e. The molecule has 1 N–H and O–H groups in total. The van der Waals surface area contributed by atoms with Crippen molar-refractivity contribution in [1.82, 2.24) is 9.55 Å². The normalized spacial score (nSPS) is 17.8. The van der Waals surface area contributed by atoms with E-state index < -0.39 is 6.10 Å². The van der Waals surface area contributed by atoms with Crippen molar-refractivity contribution in [3.8, 4) is 0 Å². The molecule has 2 atom stereocenters. The minimum atomic E-state index is -0.504. The van der Waals surface area contributed by atoms with E-state index in [2.05, 4.69) is 40.7 Å². The third-order valence-corrected chi connectivity index (χ3v) is 4.84. The number of rotatable bonds is 4. The zero-order chi connectivity index (χ0) is 16.5. The van der Waals surface area contributed by atoms with E-state index in [4.69, 9.17) is 0 Å². The molecule has 120 valence electrons. The van der Waals surface area contributed by atoms with Crippen LogP contribution >= 0.6 is 0 Å². The number of aromatic nitrogens is 2. The number of imidazole rings is 1. The smallest absolute Gasteiger partial charge is 0.0956 e. The molecule has 3 heteroatoms. The Morgan fingerprint density at radius 1 is 1.04 bits per heavy atom. The summed E-state index contributed by atoms with van der Waals surface area (Å²) in [5, 5.41) is 10.7. The fourth-order valence-electron chi connectivity index (χ4n) is 3.65. The molecule has 3 nitrogen and oxygen atoms in total. The summed E-state index contributed by atoms with van der Waals surface area (Å²) in [7, 11) is 0. The molecule has 4 rings (SSSR count). The van der Waals surface area contributed by atoms with Gasteiger partial charge in [-0.05, 0) is 29.2 Å². The van der Waals surface area contributed by atoms with Gasteiger partial charge >= 0.3 is 0 Å². The maximum atomic E-state index is 10.7. The van der Waals surface area contributed by atoms with E-state index in [1.807, 2.05) is 48.9 Å². The van der Waals surface area contributed by atoms with E-state index >= 15 is 0 Å². The first kappa shape index (κ1) is 14.9. The lowest BCUT2D eigenvalue weighted by Gasteiger charge is -2.22. The van der Waals surface area contributed by atoms with Gasteiger partial charge in [0.25, 0.3) is 0 Å². The van der Waals surface area contributed by atoms with Crippen LogP contribution in [0.5, 0.6) is 0 Å². The number of hydrogen-bond donors (Lipinski definition) is 1. The minimum absolute atomic E-state index is 0.0973. The van der Waals surface area contributed by atoms with Crippen molar-refractivity contribution in [2.75, 3.05) is 0 Å². The molecule has 1 aliphatic rings. The number of aliphatic hydroxyl groups excluding tert-OH is 1. The number of fused-ring (bicyclic) bond motifs is 1. The van der Waals surface area contributed by atoms with Gasteiger partial charge in [-0.15, -0.1) is 0 Å². The van der Waals surface area contributed by atoms with Gasteiger partial charge in [0.1, 0.15) is 0 Å². The fraction of sp³-hybridized carbons (Fsp3) is 0.190. The van der Waals surface area contributed by atoms with Crippen LogP contribution in [0, 0.1) is 0 Å². The average Bonchev–Trinajstić information content (AvgIpc) is 3.20. The first-order chi connectivity index (χ1) is 11.8. The van der Waals surface area contributed by atoms with Crippen LogP contribution in [0.1, 0.15) is 42.3 Å². The largest absolute Gasteiger partial charge is 0.388 e. The Kier molecular flexibility index (Phi) is 3.79. The number of nitrogens with zero attached hydrogens (tertiary/aromatic N) is 2. The molecule has 1 aromatic heterocycles. The fourth-order valence-corrected chi connectivity index (χ4v) is 3.65. The molecule has 0 fully saturated rings. The molecule has 2 heterocycles. The summed E-state index contributed by atoms with van der Waals surface area (Å²) in [6.07, 6.45) is 3.91. The van der Waals surface area contributed by atoms with Gasteiger partial charge in [-0.2, -0.15) is 0 Å². The van der Waals surface area contributed by atoms with E-state index in [1.54, 1.807) is 0 Å². The van der Waals surface area contributed by atoms with Gasteiger partial charge in [0.15, 0.2) is 0 Å². The summed E-state index contributed by atoms with van der Waals surface area (Å²) < 4.78 is 2.18. The highest BCUT2D eigenvalue weighted by atomic mass is 16.3. The van der Waals surface area contributed by atoms with Gasteiger partial charge in [0.05, 0.1) is 30.4 Å². The molecule has 2 unspecified atom stereocenters. The maximum Gasteiger partial charge on any atom is 0.0956 e. The molecule has 2 aromatic carbocycles. The SMILES string of the molecule is CC1=C(c2ccccc2)C(CC(O)c2ccccc2)n2cncc21. The van der Waals surface area contributed by atoms with Crippen LogP contribution in [0.15, 0.2) is 73.2 Å². The number of aliphatic hydroxyl groups is 1. The summed E-state index contributed by atoms with van der Waals surface area (Å²) in [6.45, 7) is 2.14. The van der Waals surface area contributed by atoms with Crippen molar-refractivity contribution in [3.63, 3.8) is 0 Å². The van der Waals surface area contributed by atoms with Crippen LogP contribution in [0.4, 0.5) is 0 Å². The molecule has 0 amide bonds. The van der Waals surface area contributed by atoms with Crippen LogP contribution in [0.3, 0.4) is 0 Å². The van der Waals surface area contributed by atoms with Gasteiger partial charge in [-0.3, -0.25) is 0 Å². The first-order valence-electron chi connectivity index (χ1n) is 8.27. The molecule has 0 aliphatic carbocycles. The zero-order valence-corrected chi connectivity index (χ0v) is 13.6. The van der Waals surface area contributed by atoms with Crippen molar-refractivity contribution in [2.24, 2.45) is 0 Å². The molecule has 0 spiro atoms. The molecule has 0 saturated carbocycles. The average molecular weight is 316 g/mol. The lowest BCUT2D eigenvalue weighted by atomic mass is 9.91. The molecule has 1 aliphatic heterocycles. The molecular formula is C21H20N2O. The molecule has 0 radical (unpaired) electrons. The monoisotopic (exact) mass is 316 g/mol. The van der Waals surface area contributed by atoms with Crippen LogP contribution in [-0.4, -0.2) is 14.7 Å². The summed E-state index contributed by atoms with van der Waals surface area (Å²) >= 11 is 0. The summed E-state index contributed by atoms with van der Waals surface area (Å²) in [5.41, 5.74) is 5.83. The van der Waals surface area contributed by atoms with Crippen molar-refractivity contribution in [3.05, 3.63) is 90.0 Å². The zero-order valence-electron chi connectivity index (χ0n) is 13.6. The molecule has 0 bridgehead atoms. The lowest BCUT2D eigenvalue weighted by Crippen LogP contribution is -2.11. The van der Waals surface area contributed by atoms with Crippen molar-refractivity contribution < 1.29 is 5.11 Å². The van der Waals surface area contributed by atoms with Crippen LogP contribution in [0.25, 0.3) is 11.1 Å². The molecule has 3 aromatic rings. The standard InChI is InChI=1S/C21H20N2O/c1-15-19-13-22-14-23(19)18(21(15)17-10-6-3-7-11-17)12-20(24)16-8-4-2-5-9-16/h2-11,13-14,18,20,24H,12H2,1H3. The van der Waals surface area contributed by atoms with Crippen LogP contribution < -0.4 is 0 Å². The lowest BCUT2D eigenvalue weighted by molar-refractivity contribution is 0.156. The third-order valence-electron chi connectivity index (χ3n) is 4.84. The van der Waals surface area contributed by atoms with Crippen molar-refractivity contribution >= 4 is 11.1 Å². The molecule has 24 heavy (non-hydrogen) atoms. The highest BCUT2D eigenvalue weighted by Crippen LogP contribution is 2.45. The molecular weight excluding hydrogens is 296 g/mol. The van der Waals surface area contributed by atoms with E-state index in [0.29, 0.717) is 6.42 Å². The van der Waals surface area contributed by atoms with Gasteiger partial charge in [-0.25, -0.2) is 4.98 Å². The van der Waals surface area contributed by atoms with E-state index in [1.165, 1.54) is 16.7 Å². The van der Waals surface area contributed by atoms with Crippen molar-refractivity contribution in [2.45, 2.75) is 25.5 Å². The van der Waals surface area contributed by atoms with Crippen LogP contribution in [0.2, 0.25) is 0 Å². The van der Waals surface area contributed by atoms with E-state index in [9.17, 15) is 5.11 Å². The second kappa shape index (κ2) is 6.10. The summed E-state index contributed by atoms with van der Waals surface area (Å²) in [4.78, 5) is 4.30. The highest BCUT2D eigenvalue weighted by molar-refractivity contribution is 5.93. The van der Waals surface area contributed by atoms with Gasteiger partial charge in [0.2, 0.25) is 0 Å². The van der Waals surface area contributed by atoms with Crippen molar-refractivity contribution in [1.29, 1.82) is 0 Å². The quantitative estimate of drug-likeness (QED) is 0.770. The molecule has 0 saturated heterocycles. The van der Waals surface area contributed by atoms with Crippen LogP contribution in [-0.2, 0) is 0 Å². The Hall–Kier alpha value is -2.65. The Morgan fingerprint density at radius 2 is 1.71 bits per heavy atom. The Labute approximate surface area is 141 Å². The number of allylic oxidation sites excluding steroid dienone is 2. The maximum absolute atomic E-state index is 10.7.